The summed E-state index contributed by atoms with van der Waals surface area (Å²) in [6.07, 6.45) is 6.56. The number of benzene rings is 1. The van der Waals surface area contributed by atoms with E-state index in [9.17, 15) is 0 Å². The molecule has 2 fully saturated rings. The first-order valence-corrected chi connectivity index (χ1v) is 10.2. The van der Waals surface area contributed by atoms with Gasteiger partial charge in [-0.15, -0.1) is 0 Å². The number of hydrogen-bond acceptors (Lipinski definition) is 5. The normalized spacial score (nSPS) is 30.7. The average Bonchev–Trinajstić information content (AvgIpc) is 2.75. The average molecular weight is 365 g/mol. The number of aromatic nitrogens is 1. The predicted octanol–water partition coefficient (Wildman–Crippen LogP) is 3.85. The van der Waals surface area contributed by atoms with Crippen LogP contribution in [0.1, 0.15) is 37.3 Å². The molecular formula is C22H27N3O2. The van der Waals surface area contributed by atoms with Gasteiger partial charge >= 0.3 is 0 Å². The summed E-state index contributed by atoms with van der Waals surface area (Å²) in [7, 11) is 0. The van der Waals surface area contributed by atoms with Crippen LogP contribution < -0.4 is 10.1 Å². The molecule has 5 rings (SSSR count). The van der Waals surface area contributed by atoms with E-state index < -0.39 is 0 Å². The van der Waals surface area contributed by atoms with Gasteiger partial charge in [0, 0.05) is 37.2 Å². The third-order valence-corrected chi connectivity index (χ3v) is 6.34. The fraction of sp³-hybridized carbons (Fsp3) is 0.500. The molecule has 3 atom stereocenters. The molecular weight excluding hydrogens is 338 g/mol. The fourth-order valence-corrected chi connectivity index (χ4v) is 5.13. The number of morpholine rings is 1. The monoisotopic (exact) mass is 365 g/mol. The van der Waals surface area contributed by atoms with Crippen LogP contribution in [0, 0.1) is 5.92 Å². The van der Waals surface area contributed by atoms with E-state index in [-0.39, 0.29) is 11.8 Å². The van der Waals surface area contributed by atoms with Crippen LogP contribution in [0.4, 0.5) is 5.82 Å². The Kier molecular flexibility index (Phi) is 4.50. The summed E-state index contributed by atoms with van der Waals surface area (Å²) in [5.41, 5.74) is 1.00. The largest absolute Gasteiger partial charge is 0.472 e. The Morgan fingerprint density at radius 1 is 1.04 bits per heavy atom. The van der Waals surface area contributed by atoms with Gasteiger partial charge in [-0.2, -0.15) is 0 Å². The van der Waals surface area contributed by atoms with E-state index in [4.69, 9.17) is 9.47 Å². The minimum atomic E-state index is -0.247. The van der Waals surface area contributed by atoms with Gasteiger partial charge in [-0.05, 0) is 31.0 Å². The number of pyridine rings is 1. The molecule has 3 heterocycles. The molecule has 3 unspecified atom stereocenters. The number of fused-ring (bicyclic) bond motifs is 2. The molecule has 1 N–H and O–H groups in total. The van der Waals surface area contributed by atoms with E-state index in [0.29, 0.717) is 5.92 Å². The second-order valence-corrected chi connectivity index (χ2v) is 7.77. The smallest absolute Gasteiger partial charge is 0.168 e. The zero-order chi connectivity index (χ0) is 18.1. The molecule has 5 heteroatoms. The van der Waals surface area contributed by atoms with Crippen LogP contribution in [0.25, 0.3) is 0 Å². The van der Waals surface area contributed by atoms with E-state index in [1.54, 1.807) is 0 Å². The van der Waals surface area contributed by atoms with Gasteiger partial charge in [0.25, 0.3) is 0 Å². The third kappa shape index (κ3) is 2.99. The first-order valence-electron chi connectivity index (χ1n) is 10.2. The van der Waals surface area contributed by atoms with Gasteiger partial charge in [0.05, 0.1) is 19.3 Å². The zero-order valence-electron chi connectivity index (χ0n) is 15.6. The van der Waals surface area contributed by atoms with Crippen molar-refractivity contribution in [3.8, 4) is 5.75 Å². The summed E-state index contributed by atoms with van der Waals surface area (Å²) in [6, 6.07) is 14.8. The van der Waals surface area contributed by atoms with Gasteiger partial charge in [0.1, 0.15) is 11.6 Å². The molecule has 3 aliphatic rings. The lowest BCUT2D eigenvalue weighted by Gasteiger charge is -2.56. The molecule has 1 saturated carbocycles. The lowest BCUT2D eigenvalue weighted by Crippen LogP contribution is -2.65. The molecule has 142 valence electrons. The quantitative estimate of drug-likeness (QED) is 0.895. The van der Waals surface area contributed by atoms with Gasteiger partial charge in [-0.1, -0.05) is 30.7 Å². The third-order valence-electron chi connectivity index (χ3n) is 6.34. The molecule has 0 bridgehead atoms. The molecule has 1 saturated heterocycles. The maximum Gasteiger partial charge on any atom is 0.168 e. The van der Waals surface area contributed by atoms with Crippen LogP contribution in [0.3, 0.4) is 0 Å². The summed E-state index contributed by atoms with van der Waals surface area (Å²) >= 11 is 0. The maximum absolute atomic E-state index is 6.84. The standard InChI is InChI=1S/C22H27N3O2/c1-2-9-19-17(7-1)21(24-20-10-4-6-12-23-20)18-8-3-5-11-22(18,27-19)25-13-15-26-16-14-25/h1-2,4,6-7,9-10,12,18,21H,3,5,8,11,13-16H2,(H,23,24). The van der Waals surface area contributed by atoms with Crippen molar-refractivity contribution >= 4 is 5.82 Å². The van der Waals surface area contributed by atoms with E-state index in [1.807, 2.05) is 18.3 Å². The van der Waals surface area contributed by atoms with E-state index >= 15 is 0 Å². The second kappa shape index (κ2) is 7.13. The maximum atomic E-state index is 6.84. The number of anilines is 1. The van der Waals surface area contributed by atoms with Crippen LogP contribution >= 0.6 is 0 Å². The minimum Gasteiger partial charge on any atom is -0.472 e. The number of nitrogens with one attached hydrogen (secondary N) is 1. The van der Waals surface area contributed by atoms with Crippen LogP contribution in [0.15, 0.2) is 48.7 Å². The molecule has 1 aliphatic carbocycles. The van der Waals surface area contributed by atoms with E-state index in [2.05, 4.69) is 45.5 Å². The lowest BCUT2D eigenvalue weighted by atomic mass is 9.71. The summed E-state index contributed by atoms with van der Waals surface area (Å²) in [6.45, 7) is 3.46. The number of para-hydroxylation sites is 1. The highest BCUT2D eigenvalue weighted by Gasteiger charge is 2.54. The molecule has 27 heavy (non-hydrogen) atoms. The lowest BCUT2D eigenvalue weighted by molar-refractivity contribution is -0.184. The Hall–Kier alpha value is -2.11. The Balaban J connectivity index is 1.57. The molecule has 2 aliphatic heterocycles. The predicted molar refractivity (Wildman–Crippen MR) is 105 cm³/mol. The molecule has 0 amide bonds. The van der Waals surface area contributed by atoms with Crippen molar-refractivity contribution < 1.29 is 9.47 Å². The van der Waals surface area contributed by atoms with Crippen molar-refractivity contribution in [2.24, 2.45) is 5.92 Å². The topological polar surface area (TPSA) is 46.6 Å². The van der Waals surface area contributed by atoms with Crippen LogP contribution in [-0.4, -0.2) is 41.9 Å². The van der Waals surface area contributed by atoms with Gasteiger partial charge in [-0.3, -0.25) is 4.90 Å². The number of nitrogens with zero attached hydrogens (tertiary/aromatic N) is 2. The van der Waals surface area contributed by atoms with Gasteiger partial charge in [-0.25, -0.2) is 4.98 Å². The van der Waals surface area contributed by atoms with Crippen molar-refractivity contribution in [3.05, 3.63) is 54.2 Å². The van der Waals surface area contributed by atoms with E-state index in [1.165, 1.54) is 18.4 Å². The minimum absolute atomic E-state index is 0.202. The van der Waals surface area contributed by atoms with Gasteiger partial charge < -0.3 is 14.8 Å². The Bertz CT molecular complexity index is 778. The fourth-order valence-electron chi connectivity index (χ4n) is 5.13. The highest BCUT2D eigenvalue weighted by Crippen LogP contribution is 2.52. The number of ether oxygens (including phenoxy) is 2. The van der Waals surface area contributed by atoms with Crippen molar-refractivity contribution in [3.63, 3.8) is 0 Å². The summed E-state index contributed by atoms with van der Waals surface area (Å²) < 4.78 is 12.5. The Labute approximate surface area is 160 Å². The molecule has 1 aromatic carbocycles. The molecule has 5 nitrogen and oxygen atoms in total. The van der Waals surface area contributed by atoms with Crippen molar-refractivity contribution in [2.75, 3.05) is 31.6 Å². The summed E-state index contributed by atoms with van der Waals surface area (Å²) in [5, 5.41) is 3.75. The molecule has 2 aromatic rings. The first kappa shape index (κ1) is 17.0. The summed E-state index contributed by atoms with van der Waals surface area (Å²) in [5.74, 6) is 2.33. The molecule has 0 radical (unpaired) electrons. The number of hydrogen-bond donors (Lipinski definition) is 1. The number of rotatable bonds is 3. The Morgan fingerprint density at radius 3 is 2.74 bits per heavy atom. The first-order chi connectivity index (χ1) is 13.4. The highest BCUT2D eigenvalue weighted by molar-refractivity contribution is 5.46. The van der Waals surface area contributed by atoms with Crippen LogP contribution in [0.5, 0.6) is 5.75 Å². The van der Waals surface area contributed by atoms with Gasteiger partial charge in [0.2, 0.25) is 0 Å². The van der Waals surface area contributed by atoms with E-state index in [0.717, 1.165) is 50.7 Å². The summed E-state index contributed by atoms with van der Waals surface area (Å²) in [4.78, 5) is 7.08. The highest BCUT2D eigenvalue weighted by atomic mass is 16.5. The van der Waals surface area contributed by atoms with Crippen LogP contribution in [0.2, 0.25) is 0 Å². The van der Waals surface area contributed by atoms with Crippen LogP contribution in [-0.2, 0) is 4.74 Å². The zero-order valence-corrected chi connectivity index (χ0v) is 15.6. The molecule has 1 aromatic heterocycles. The Morgan fingerprint density at radius 2 is 1.89 bits per heavy atom. The second-order valence-electron chi connectivity index (χ2n) is 7.77. The van der Waals surface area contributed by atoms with Crippen molar-refractivity contribution in [1.29, 1.82) is 0 Å². The van der Waals surface area contributed by atoms with Crippen molar-refractivity contribution in [1.82, 2.24) is 9.88 Å². The van der Waals surface area contributed by atoms with Crippen molar-refractivity contribution in [2.45, 2.75) is 37.5 Å². The SMILES string of the molecule is c1ccc(NC2c3ccccc3OC3(N4CCOCC4)CCCCC23)nc1. The molecule has 0 spiro atoms. The van der Waals surface area contributed by atoms with Gasteiger partial charge in [0.15, 0.2) is 5.72 Å².